The van der Waals surface area contributed by atoms with E-state index in [0.717, 1.165) is 30.7 Å². The van der Waals surface area contributed by atoms with Crippen molar-refractivity contribution in [2.24, 2.45) is 5.73 Å². The van der Waals surface area contributed by atoms with E-state index in [1.807, 2.05) is 0 Å². The molecule has 0 heterocycles. The summed E-state index contributed by atoms with van der Waals surface area (Å²) in [5.74, 6) is 0.0225. The maximum absolute atomic E-state index is 13.1. The van der Waals surface area contributed by atoms with E-state index >= 15 is 0 Å². The first-order chi connectivity index (χ1) is 6.74. The smallest absolute Gasteiger partial charge is 0.136 e. The first-order valence-electron chi connectivity index (χ1n) is 4.52. The van der Waals surface area contributed by atoms with E-state index in [1.165, 1.54) is 17.8 Å². The van der Waals surface area contributed by atoms with Gasteiger partial charge in [0.15, 0.2) is 0 Å². The van der Waals surface area contributed by atoms with Crippen molar-refractivity contribution in [1.29, 1.82) is 0 Å². The maximum atomic E-state index is 13.1. The number of nitrogens with two attached hydrogens (primary N) is 1. The molecule has 0 spiro atoms. The van der Waals surface area contributed by atoms with Crippen LogP contribution < -0.4 is 5.73 Å². The second-order valence-corrected chi connectivity index (χ2v) is 4.06. The van der Waals surface area contributed by atoms with Crippen LogP contribution in [0.15, 0.2) is 23.1 Å². The summed E-state index contributed by atoms with van der Waals surface area (Å²) in [6.07, 6.45) is 1.85. The molecule has 0 saturated heterocycles. The highest BCUT2D eigenvalue weighted by Gasteiger charge is 2.03. The van der Waals surface area contributed by atoms with Crippen LogP contribution in [0.1, 0.15) is 12.8 Å². The molecule has 0 bridgehead atoms. The lowest BCUT2D eigenvalue weighted by atomic mass is 10.3. The van der Waals surface area contributed by atoms with Crippen molar-refractivity contribution in [2.45, 2.75) is 17.7 Å². The molecule has 0 aliphatic carbocycles. The SMILES string of the molecule is NCCCCSc1cc(F)ccc1F. The van der Waals surface area contributed by atoms with Crippen molar-refractivity contribution >= 4 is 11.8 Å². The Bertz CT molecular complexity index is 291. The topological polar surface area (TPSA) is 26.0 Å². The monoisotopic (exact) mass is 217 g/mol. The van der Waals surface area contributed by atoms with E-state index in [0.29, 0.717) is 11.4 Å². The van der Waals surface area contributed by atoms with E-state index in [4.69, 9.17) is 5.73 Å². The van der Waals surface area contributed by atoms with Gasteiger partial charge in [0.2, 0.25) is 0 Å². The van der Waals surface area contributed by atoms with Gasteiger partial charge in [-0.1, -0.05) is 0 Å². The fourth-order valence-electron chi connectivity index (χ4n) is 1.02. The van der Waals surface area contributed by atoms with Gasteiger partial charge < -0.3 is 5.73 Å². The van der Waals surface area contributed by atoms with Gasteiger partial charge in [-0.2, -0.15) is 0 Å². The summed E-state index contributed by atoms with van der Waals surface area (Å²) in [7, 11) is 0. The fraction of sp³-hybridized carbons (Fsp3) is 0.400. The minimum Gasteiger partial charge on any atom is -0.330 e. The number of rotatable bonds is 5. The Morgan fingerprint density at radius 1 is 1.21 bits per heavy atom. The predicted octanol–water partition coefficient (Wildman–Crippen LogP) is 2.80. The lowest BCUT2D eigenvalue weighted by Crippen LogP contribution is -1.98. The molecule has 1 nitrogen and oxygen atoms in total. The highest BCUT2D eigenvalue weighted by Crippen LogP contribution is 2.23. The number of thioether (sulfide) groups is 1. The van der Waals surface area contributed by atoms with Gasteiger partial charge in [0.05, 0.1) is 0 Å². The molecule has 0 aromatic heterocycles. The second kappa shape index (κ2) is 5.98. The van der Waals surface area contributed by atoms with Crippen molar-refractivity contribution in [1.82, 2.24) is 0 Å². The molecule has 1 rings (SSSR count). The van der Waals surface area contributed by atoms with E-state index in [1.54, 1.807) is 0 Å². The Balaban J connectivity index is 2.45. The Morgan fingerprint density at radius 2 is 2.00 bits per heavy atom. The zero-order valence-corrected chi connectivity index (χ0v) is 8.62. The van der Waals surface area contributed by atoms with Gasteiger partial charge in [-0.05, 0) is 43.3 Å². The quantitative estimate of drug-likeness (QED) is 0.606. The summed E-state index contributed by atoms with van der Waals surface area (Å²) in [6, 6.07) is 3.50. The Morgan fingerprint density at radius 3 is 2.71 bits per heavy atom. The van der Waals surface area contributed by atoms with Gasteiger partial charge >= 0.3 is 0 Å². The summed E-state index contributed by atoms with van der Waals surface area (Å²) in [4.78, 5) is 0.377. The Labute approximate surface area is 86.7 Å². The third kappa shape index (κ3) is 3.64. The van der Waals surface area contributed by atoms with Crippen LogP contribution in [-0.2, 0) is 0 Å². The molecule has 78 valence electrons. The van der Waals surface area contributed by atoms with Gasteiger partial charge in [-0.3, -0.25) is 0 Å². The molecule has 4 heteroatoms. The van der Waals surface area contributed by atoms with E-state index in [2.05, 4.69) is 0 Å². The molecule has 0 radical (unpaired) electrons. The van der Waals surface area contributed by atoms with Crippen molar-refractivity contribution in [3.8, 4) is 0 Å². The summed E-state index contributed by atoms with van der Waals surface area (Å²) in [5, 5.41) is 0. The molecule has 0 aliphatic heterocycles. The Kier molecular flexibility index (Phi) is 4.90. The zero-order valence-electron chi connectivity index (χ0n) is 7.80. The van der Waals surface area contributed by atoms with Gasteiger partial charge in [-0.15, -0.1) is 11.8 Å². The standard InChI is InChI=1S/C10H13F2NS/c11-8-3-4-9(12)10(7-8)14-6-2-1-5-13/h3-4,7H,1-2,5-6,13H2. The molecule has 0 saturated carbocycles. The summed E-state index contributed by atoms with van der Waals surface area (Å²) < 4.78 is 25.8. The van der Waals surface area contributed by atoms with Crippen LogP contribution in [0.5, 0.6) is 0 Å². The summed E-state index contributed by atoms with van der Waals surface area (Å²) in [5.41, 5.74) is 5.32. The lowest BCUT2D eigenvalue weighted by Gasteiger charge is -2.02. The number of hydrogen-bond donors (Lipinski definition) is 1. The average Bonchev–Trinajstić information content (AvgIpc) is 2.18. The molecule has 0 aliphatic rings. The maximum Gasteiger partial charge on any atom is 0.136 e. The normalized spacial score (nSPS) is 10.5. The molecule has 14 heavy (non-hydrogen) atoms. The number of benzene rings is 1. The molecular weight excluding hydrogens is 204 g/mol. The number of unbranched alkanes of at least 4 members (excludes halogenated alkanes) is 1. The Hall–Kier alpha value is -0.610. The van der Waals surface area contributed by atoms with Crippen molar-refractivity contribution in [3.05, 3.63) is 29.8 Å². The van der Waals surface area contributed by atoms with Crippen LogP contribution in [0.2, 0.25) is 0 Å². The molecule has 1 aromatic rings. The largest absolute Gasteiger partial charge is 0.330 e. The van der Waals surface area contributed by atoms with Crippen LogP contribution in [-0.4, -0.2) is 12.3 Å². The van der Waals surface area contributed by atoms with Gasteiger partial charge in [-0.25, -0.2) is 8.78 Å². The second-order valence-electron chi connectivity index (χ2n) is 2.92. The van der Waals surface area contributed by atoms with Crippen LogP contribution in [0, 0.1) is 11.6 Å². The van der Waals surface area contributed by atoms with Crippen molar-refractivity contribution in [2.75, 3.05) is 12.3 Å². The number of halogens is 2. The highest BCUT2D eigenvalue weighted by molar-refractivity contribution is 7.99. The average molecular weight is 217 g/mol. The molecule has 0 unspecified atom stereocenters. The van der Waals surface area contributed by atoms with Crippen LogP contribution >= 0.6 is 11.8 Å². The number of hydrogen-bond acceptors (Lipinski definition) is 2. The van der Waals surface area contributed by atoms with Crippen LogP contribution in [0.25, 0.3) is 0 Å². The highest BCUT2D eigenvalue weighted by atomic mass is 32.2. The molecule has 1 aromatic carbocycles. The van der Waals surface area contributed by atoms with Crippen molar-refractivity contribution < 1.29 is 8.78 Å². The van der Waals surface area contributed by atoms with Gasteiger partial charge in [0, 0.05) is 4.90 Å². The summed E-state index contributed by atoms with van der Waals surface area (Å²) >= 11 is 1.33. The predicted molar refractivity (Wildman–Crippen MR) is 55.4 cm³/mol. The molecule has 0 atom stereocenters. The molecule has 2 N–H and O–H groups in total. The van der Waals surface area contributed by atoms with Gasteiger partial charge in [0.25, 0.3) is 0 Å². The van der Waals surface area contributed by atoms with Crippen LogP contribution in [0.4, 0.5) is 8.78 Å². The molecule has 0 amide bonds. The van der Waals surface area contributed by atoms with E-state index < -0.39 is 5.82 Å². The lowest BCUT2D eigenvalue weighted by molar-refractivity contribution is 0.577. The minimum absolute atomic E-state index is 0.357. The minimum atomic E-state index is -0.396. The molecular formula is C10H13F2NS. The van der Waals surface area contributed by atoms with Crippen LogP contribution in [0.3, 0.4) is 0 Å². The third-order valence-corrected chi connectivity index (χ3v) is 2.87. The fourth-order valence-corrected chi connectivity index (χ4v) is 1.99. The first-order valence-corrected chi connectivity index (χ1v) is 5.50. The van der Waals surface area contributed by atoms with Gasteiger partial charge in [0.1, 0.15) is 11.6 Å². The first kappa shape index (κ1) is 11.5. The third-order valence-electron chi connectivity index (χ3n) is 1.75. The van der Waals surface area contributed by atoms with E-state index in [-0.39, 0.29) is 5.82 Å². The zero-order chi connectivity index (χ0) is 10.4. The van der Waals surface area contributed by atoms with Crippen molar-refractivity contribution in [3.63, 3.8) is 0 Å². The summed E-state index contributed by atoms with van der Waals surface area (Å²) in [6.45, 7) is 0.645. The molecule has 0 fully saturated rings. The van der Waals surface area contributed by atoms with E-state index in [9.17, 15) is 8.78 Å².